The van der Waals surface area contributed by atoms with Gasteiger partial charge in [0.05, 0.1) is 5.75 Å². The molecule has 0 bridgehead atoms. The number of amides is 1. The number of ether oxygens (including phenoxy) is 3. The summed E-state index contributed by atoms with van der Waals surface area (Å²) in [5.74, 6) is 1.89. The maximum atomic E-state index is 12.2. The van der Waals surface area contributed by atoms with Crippen molar-refractivity contribution in [2.75, 3.05) is 25.7 Å². The first kappa shape index (κ1) is 20.7. The third-order valence-corrected chi connectivity index (χ3v) is 5.87. The maximum absolute atomic E-state index is 12.2. The molecule has 30 heavy (non-hydrogen) atoms. The van der Waals surface area contributed by atoms with Crippen LogP contribution in [0.3, 0.4) is 0 Å². The normalized spacial score (nSPS) is 13.3. The van der Waals surface area contributed by atoms with Crippen LogP contribution in [0.1, 0.15) is 0 Å². The van der Waals surface area contributed by atoms with Crippen molar-refractivity contribution in [2.24, 2.45) is 0 Å². The summed E-state index contributed by atoms with van der Waals surface area (Å²) in [4.78, 5) is 13.1. The molecule has 6 nitrogen and oxygen atoms in total. The number of halogens is 1. The molecule has 3 aromatic rings. The number of rotatable bonds is 8. The highest BCUT2D eigenvalue weighted by atomic mass is 35.5. The largest absolute Gasteiger partial charge is 0.491 e. The zero-order chi connectivity index (χ0) is 20.9. The highest BCUT2D eigenvalue weighted by Crippen LogP contribution is 2.35. The lowest BCUT2D eigenvalue weighted by atomic mass is 10.1. The maximum Gasteiger partial charge on any atom is 0.231 e. The van der Waals surface area contributed by atoms with Crippen molar-refractivity contribution in [3.05, 3.63) is 59.6 Å². The number of benzene rings is 3. The number of carbonyl (C=O) groups excluding carboxylic acids is 1. The summed E-state index contributed by atoms with van der Waals surface area (Å²) in [6, 6.07) is 16.8. The van der Waals surface area contributed by atoms with Gasteiger partial charge in [0.25, 0.3) is 0 Å². The second-order valence-corrected chi connectivity index (χ2v) is 8.09. The van der Waals surface area contributed by atoms with Crippen LogP contribution in [0.4, 0.5) is 0 Å². The summed E-state index contributed by atoms with van der Waals surface area (Å²) in [5.41, 5.74) is 0. The van der Waals surface area contributed by atoms with Gasteiger partial charge in [0.2, 0.25) is 12.7 Å². The van der Waals surface area contributed by atoms with Gasteiger partial charge in [0.15, 0.2) is 11.5 Å². The molecule has 0 aromatic heterocycles. The van der Waals surface area contributed by atoms with Crippen LogP contribution in [-0.2, 0) is 4.79 Å². The Hall–Kier alpha value is -2.61. The van der Waals surface area contributed by atoms with Crippen LogP contribution in [0.2, 0.25) is 5.02 Å². The van der Waals surface area contributed by atoms with Crippen LogP contribution in [0.5, 0.6) is 17.2 Å². The van der Waals surface area contributed by atoms with E-state index in [4.69, 9.17) is 25.8 Å². The fourth-order valence-electron chi connectivity index (χ4n) is 3.03. The van der Waals surface area contributed by atoms with E-state index in [2.05, 4.69) is 5.32 Å². The van der Waals surface area contributed by atoms with Crippen molar-refractivity contribution < 1.29 is 24.1 Å². The van der Waals surface area contributed by atoms with Crippen LogP contribution < -0.4 is 19.5 Å². The lowest BCUT2D eigenvalue weighted by Crippen LogP contribution is -2.36. The minimum Gasteiger partial charge on any atom is -0.491 e. The fraction of sp³-hybridized carbons (Fsp3) is 0.227. The standard InChI is InChI=1S/C22H20ClNO5S/c23-17-5-1-3-14-4-2-6-20(22(14)17)30-12-21(26)24-10-15(25)11-27-16-7-8-18-19(9-16)29-13-28-18/h1-9,15,25H,10-13H2,(H,24,26). The number of hydrogen-bond donors (Lipinski definition) is 2. The zero-order valence-corrected chi connectivity index (χ0v) is 17.5. The lowest BCUT2D eigenvalue weighted by molar-refractivity contribution is -0.119. The van der Waals surface area contributed by atoms with Crippen molar-refractivity contribution in [3.8, 4) is 17.2 Å². The summed E-state index contributed by atoms with van der Waals surface area (Å²) in [5, 5.41) is 15.5. The van der Waals surface area contributed by atoms with Gasteiger partial charge < -0.3 is 24.6 Å². The van der Waals surface area contributed by atoms with E-state index in [0.717, 1.165) is 15.7 Å². The monoisotopic (exact) mass is 445 g/mol. The zero-order valence-electron chi connectivity index (χ0n) is 16.0. The van der Waals surface area contributed by atoms with Crippen LogP contribution in [-0.4, -0.2) is 42.8 Å². The topological polar surface area (TPSA) is 77.0 Å². The van der Waals surface area contributed by atoms with Gasteiger partial charge in [-0.1, -0.05) is 35.9 Å². The third kappa shape index (κ3) is 4.92. The Kier molecular flexibility index (Phi) is 6.52. The highest BCUT2D eigenvalue weighted by molar-refractivity contribution is 8.00. The molecular formula is C22H20ClNO5S. The first-order chi connectivity index (χ1) is 14.6. The molecule has 0 fully saturated rings. The molecule has 1 unspecified atom stereocenters. The van der Waals surface area contributed by atoms with Crippen LogP contribution in [0.15, 0.2) is 59.5 Å². The predicted molar refractivity (Wildman–Crippen MR) is 117 cm³/mol. The average molecular weight is 446 g/mol. The Morgan fingerprint density at radius 2 is 1.97 bits per heavy atom. The van der Waals surface area contributed by atoms with Crippen molar-refractivity contribution in [3.63, 3.8) is 0 Å². The molecule has 156 valence electrons. The number of thioether (sulfide) groups is 1. The van der Waals surface area contributed by atoms with E-state index in [1.165, 1.54) is 11.8 Å². The van der Waals surface area contributed by atoms with E-state index in [-0.39, 0.29) is 31.6 Å². The first-order valence-electron chi connectivity index (χ1n) is 9.37. The van der Waals surface area contributed by atoms with Crippen molar-refractivity contribution in [2.45, 2.75) is 11.0 Å². The van der Waals surface area contributed by atoms with Crippen molar-refractivity contribution in [1.29, 1.82) is 0 Å². The summed E-state index contributed by atoms with van der Waals surface area (Å²) >= 11 is 7.73. The van der Waals surface area contributed by atoms with Gasteiger partial charge in [-0.25, -0.2) is 0 Å². The number of hydrogen-bond acceptors (Lipinski definition) is 6. The third-order valence-electron chi connectivity index (χ3n) is 4.50. The van der Waals surface area contributed by atoms with E-state index >= 15 is 0 Å². The van der Waals surface area contributed by atoms with E-state index in [9.17, 15) is 9.90 Å². The minimum atomic E-state index is -0.837. The van der Waals surface area contributed by atoms with Gasteiger partial charge in [0.1, 0.15) is 18.5 Å². The van der Waals surface area contributed by atoms with Gasteiger partial charge in [-0.3, -0.25) is 4.79 Å². The molecular weight excluding hydrogens is 426 g/mol. The Morgan fingerprint density at radius 1 is 1.17 bits per heavy atom. The van der Waals surface area contributed by atoms with Crippen LogP contribution in [0.25, 0.3) is 10.8 Å². The lowest BCUT2D eigenvalue weighted by Gasteiger charge is -2.14. The SMILES string of the molecule is O=C(CSc1cccc2cccc(Cl)c12)NCC(O)COc1ccc2c(c1)OCO2. The summed E-state index contributed by atoms with van der Waals surface area (Å²) in [7, 11) is 0. The molecule has 3 aromatic carbocycles. The molecule has 1 atom stereocenters. The number of nitrogens with one attached hydrogen (secondary N) is 1. The molecule has 4 rings (SSSR count). The number of aliphatic hydroxyl groups excluding tert-OH is 1. The number of aliphatic hydroxyl groups is 1. The number of fused-ring (bicyclic) bond motifs is 2. The quantitative estimate of drug-likeness (QED) is 0.512. The minimum absolute atomic E-state index is 0.0476. The highest BCUT2D eigenvalue weighted by Gasteiger charge is 2.15. The van der Waals surface area contributed by atoms with Crippen LogP contribution >= 0.6 is 23.4 Å². The summed E-state index contributed by atoms with van der Waals surface area (Å²) < 4.78 is 16.1. The molecule has 1 aliphatic heterocycles. The van der Waals surface area contributed by atoms with Gasteiger partial charge >= 0.3 is 0 Å². The number of carbonyl (C=O) groups is 1. The molecule has 1 amide bonds. The van der Waals surface area contributed by atoms with Crippen molar-refractivity contribution in [1.82, 2.24) is 5.32 Å². The molecule has 0 saturated carbocycles. The smallest absolute Gasteiger partial charge is 0.231 e. The van der Waals surface area contributed by atoms with Gasteiger partial charge in [-0.05, 0) is 29.7 Å². The van der Waals surface area contributed by atoms with E-state index < -0.39 is 6.10 Å². The molecule has 8 heteroatoms. The Bertz CT molecular complexity index is 1060. The average Bonchev–Trinajstić information content (AvgIpc) is 3.23. The Balaban J connectivity index is 1.23. The molecule has 0 radical (unpaired) electrons. The summed E-state index contributed by atoms with van der Waals surface area (Å²) in [6.07, 6.45) is -0.837. The van der Waals surface area contributed by atoms with Crippen molar-refractivity contribution >= 4 is 40.0 Å². The fourth-order valence-corrected chi connectivity index (χ4v) is 4.30. The molecule has 0 saturated heterocycles. The van der Waals surface area contributed by atoms with Crippen LogP contribution in [0, 0.1) is 0 Å². The second kappa shape index (κ2) is 9.47. The summed E-state index contributed by atoms with van der Waals surface area (Å²) in [6.45, 7) is 0.336. The van der Waals surface area contributed by atoms with E-state index in [1.54, 1.807) is 18.2 Å². The molecule has 1 aliphatic rings. The first-order valence-corrected chi connectivity index (χ1v) is 10.7. The Morgan fingerprint density at radius 3 is 2.83 bits per heavy atom. The Labute approximate surface area is 183 Å². The molecule has 0 aliphatic carbocycles. The molecule has 0 spiro atoms. The van der Waals surface area contributed by atoms with E-state index in [0.29, 0.717) is 22.3 Å². The van der Waals surface area contributed by atoms with E-state index in [1.807, 2.05) is 36.4 Å². The molecule has 1 heterocycles. The van der Waals surface area contributed by atoms with Gasteiger partial charge in [0, 0.05) is 27.9 Å². The van der Waals surface area contributed by atoms with Gasteiger partial charge in [-0.15, -0.1) is 11.8 Å². The molecule has 2 N–H and O–H groups in total. The predicted octanol–water partition coefficient (Wildman–Crippen LogP) is 3.87. The second-order valence-electron chi connectivity index (χ2n) is 6.67. The van der Waals surface area contributed by atoms with Gasteiger partial charge in [-0.2, -0.15) is 0 Å².